The third-order valence-electron chi connectivity index (χ3n) is 4.11. The van der Waals surface area contributed by atoms with Crippen LogP contribution < -0.4 is 5.32 Å². The topological polar surface area (TPSA) is 21.3 Å². The molecule has 0 saturated heterocycles. The summed E-state index contributed by atoms with van der Waals surface area (Å²) in [5.41, 5.74) is 3.55. The summed E-state index contributed by atoms with van der Waals surface area (Å²) in [5.74, 6) is 0.978. The number of rotatable bonds is 1. The highest BCUT2D eigenvalue weighted by Crippen LogP contribution is 2.46. The Balaban J connectivity index is 1.79. The molecule has 1 N–H and O–H groups in total. The molecule has 0 amide bonds. The second-order valence-corrected chi connectivity index (χ2v) is 5.81. The van der Waals surface area contributed by atoms with Crippen LogP contribution in [0.4, 0.5) is 5.69 Å². The molecule has 2 bridgehead atoms. The molecule has 0 saturated carbocycles. The molecule has 4 rings (SSSR count). The smallest absolute Gasteiger partial charge is 0.128 e. The van der Waals surface area contributed by atoms with Crippen LogP contribution in [-0.2, 0) is 4.74 Å². The van der Waals surface area contributed by atoms with Crippen LogP contribution in [0.5, 0.6) is 0 Å². The van der Waals surface area contributed by atoms with Gasteiger partial charge in [0.2, 0.25) is 0 Å². The van der Waals surface area contributed by atoms with Crippen molar-refractivity contribution in [3.8, 4) is 0 Å². The molecular weight excluding hydrogens is 246 g/mol. The number of fused-ring (bicyclic) bond motifs is 4. The van der Waals surface area contributed by atoms with Crippen molar-refractivity contribution in [1.29, 1.82) is 0 Å². The Morgan fingerprint density at radius 3 is 2.65 bits per heavy atom. The van der Waals surface area contributed by atoms with Gasteiger partial charge in [0.25, 0.3) is 0 Å². The molecule has 0 radical (unpaired) electrons. The number of nitrogens with one attached hydrogen (secondary N) is 1. The lowest BCUT2D eigenvalue weighted by Gasteiger charge is -2.43. The fourth-order valence-electron chi connectivity index (χ4n) is 3.18. The molecule has 2 aliphatic heterocycles. The Bertz CT molecular complexity index is 677. The number of para-hydroxylation sites is 1. The van der Waals surface area contributed by atoms with Crippen molar-refractivity contribution in [1.82, 2.24) is 0 Å². The van der Waals surface area contributed by atoms with E-state index in [-0.39, 0.29) is 11.6 Å². The van der Waals surface area contributed by atoms with E-state index in [1.54, 1.807) is 0 Å². The average molecular weight is 263 g/mol. The molecule has 2 nitrogen and oxygen atoms in total. The van der Waals surface area contributed by atoms with Gasteiger partial charge >= 0.3 is 0 Å². The largest absolute Gasteiger partial charge is 0.485 e. The Hall–Kier alpha value is -2.22. The second kappa shape index (κ2) is 4.14. The van der Waals surface area contributed by atoms with Crippen LogP contribution in [0.2, 0.25) is 0 Å². The van der Waals surface area contributed by atoms with Gasteiger partial charge in [0, 0.05) is 23.2 Å². The number of hydrogen-bond donors (Lipinski definition) is 1. The molecular formula is C18H17NO. The average Bonchev–Trinajstić information content (AvgIpc) is 2.47. The monoisotopic (exact) mass is 263 g/mol. The highest BCUT2D eigenvalue weighted by molar-refractivity contribution is 5.68. The quantitative estimate of drug-likeness (QED) is 0.824. The predicted molar refractivity (Wildman–Crippen MR) is 81.3 cm³/mol. The van der Waals surface area contributed by atoms with E-state index in [0.29, 0.717) is 0 Å². The lowest BCUT2D eigenvalue weighted by Crippen LogP contribution is -2.41. The second-order valence-electron chi connectivity index (χ2n) is 5.81. The standard InChI is InChI=1S/C18H17NO/c1-18-11-16(13-7-3-2-4-8-13)20-17(12-18)14-9-5-6-10-15(14)19-18/h2-11,17,19H,12H2,1H3. The summed E-state index contributed by atoms with van der Waals surface area (Å²) >= 11 is 0. The van der Waals surface area contributed by atoms with Crippen molar-refractivity contribution >= 4 is 11.4 Å². The van der Waals surface area contributed by atoms with Crippen molar-refractivity contribution in [2.45, 2.75) is 25.0 Å². The highest BCUT2D eigenvalue weighted by Gasteiger charge is 2.39. The van der Waals surface area contributed by atoms with Crippen molar-refractivity contribution in [3.63, 3.8) is 0 Å². The van der Waals surface area contributed by atoms with Crippen molar-refractivity contribution < 1.29 is 4.74 Å². The third-order valence-corrected chi connectivity index (χ3v) is 4.11. The van der Waals surface area contributed by atoms with E-state index >= 15 is 0 Å². The Morgan fingerprint density at radius 2 is 1.80 bits per heavy atom. The van der Waals surface area contributed by atoms with Gasteiger partial charge < -0.3 is 10.1 Å². The van der Waals surface area contributed by atoms with Crippen LogP contribution in [0.25, 0.3) is 5.76 Å². The van der Waals surface area contributed by atoms with E-state index in [1.165, 1.54) is 11.3 Å². The summed E-state index contributed by atoms with van der Waals surface area (Å²) in [6, 6.07) is 18.8. The van der Waals surface area contributed by atoms with E-state index in [0.717, 1.165) is 17.7 Å². The summed E-state index contributed by atoms with van der Waals surface area (Å²) in [5, 5.41) is 3.65. The summed E-state index contributed by atoms with van der Waals surface area (Å²) in [7, 11) is 0. The first-order valence-electron chi connectivity index (χ1n) is 7.06. The number of benzene rings is 2. The molecule has 2 unspecified atom stereocenters. The summed E-state index contributed by atoms with van der Waals surface area (Å²) in [6.07, 6.45) is 3.33. The predicted octanol–water partition coefficient (Wildman–Crippen LogP) is 4.37. The van der Waals surface area contributed by atoms with E-state index < -0.39 is 0 Å². The molecule has 0 aromatic heterocycles. The number of ether oxygens (including phenoxy) is 1. The molecule has 2 aliphatic rings. The van der Waals surface area contributed by atoms with Gasteiger partial charge in [-0.05, 0) is 19.1 Å². The molecule has 2 heterocycles. The normalized spacial score (nSPS) is 26.9. The van der Waals surface area contributed by atoms with Gasteiger partial charge in [-0.25, -0.2) is 0 Å². The zero-order valence-electron chi connectivity index (χ0n) is 11.5. The van der Waals surface area contributed by atoms with Crippen molar-refractivity contribution in [2.75, 3.05) is 5.32 Å². The van der Waals surface area contributed by atoms with Gasteiger partial charge in [0.15, 0.2) is 0 Å². The maximum Gasteiger partial charge on any atom is 0.128 e. The number of hydrogen-bond acceptors (Lipinski definition) is 2. The maximum atomic E-state index is 6.26. The first-order chi connectivity index (χ1) is 9.73. The van der Waals surface area contributed by atoms with Crippen LogP contribution in [0, 0.1) is 0 Å². The van der Waals surface area contributed by atoms with E-state index in [2.05, 4.69) is 54.7 Å². The van der Waals surface area contributed by atoms with Gasteiger partial charge in [0.1, 0.15) is 11.9 Å². The summed E-state index contributed by atoms with van der Waals surface area (Å²) in [4.78, 5) is 0. The lowest BCUT2D eigenvalue weighted by molar-refractivity contribution is 0.122. The van der Waals surface area contributed by atoms with Gasteiger partial charge in [-0.15, -0.1) is 0 Å². The highest BCUT2D eigenvalue weighted by atomic mass is 16.5. The SMILES string of the molecule is CC12C=C(c3ccccc3)OC(C1)c1ccccc1N2. The molecule has 20 heavy (non-hydrogen) atoms. The summed E-state index contributed by atoms with van der Waals surface area (Å²) < 4.78 is 6.26. The molecule has 2 aromatic rings. The van der Waals surface area contributed by atoms with Crippen molar-refractivity contribution in [3.05, 3.63) is 71.8 Å². The van der Waals surface area contributed by atoms with Crippen LogP contribution in [-0.4, -0.2) is 5.54 Å². The third kappa shape index (κ3) is 1.80. The molecule has 2 aromatic carbocycles. The minimum Gasteiger partial charge on any atom is -0.485 e. The van der Waals surface area contributed by atoms with Gasteiger partial charge in [0.05, 0.1) is 5.54 Å². The van der Waals surface area contributed by atoms with Gasteiger partial charge in [-0.1, -0.05) is 48.5 Å². The van der Waals surface area contributed by atoms with E-state index in [9.17, 15) is 0 Å². The molecule has 0 spiro atoms. The molecule has 100 valence electrons. The van der Waals surface area contributed by atoms with E-state index in [4.69, 9.17) is 4.74 Å². The Kier molecular flexibility index (Phi) is 2.40. The first-order valence-corrected chi connectivity index (χ1v) is 7.06. The lowest BCUT2D eigenvalue weighted by atomic mass is 9.82. The number of anilines is 1. The minimum atomic E-state index is -0.0392. The minimum absolute atomic E-state index is 0.0392. The fraction of sp³-hybridized carbons (Fsp3) is 0.222. The maximum absolute atomic E-state index is 6.26. The zero-order chi connectivity index (χ0) is 13.6. The fourth-order valence-corrected chi connectivity index (χ4v) is 3.18. The summed E-state index contributed by atoms with van der Waals surface area (Å²) in [6.45, 7) is 2.24. The van der Waals surface area contributed by atoms with Crippen LogP contribution in [0.15, 0.2) is 60.7 Å². The van der Waals surface area contributed by atoms with Gasteiger partial charge in [-0.3, -0.25) is 0 Å². The van der Waals surface area contributed by atoms with Crippen LogP contribution in [0.1, 0.15) is 30.6 Å². The van der Waals surface area contributed by atoms with Crippen LogP contribution in [0.3, 0.4) is 0 Å². The van der Waals surface area contributed by atoms with Crippen molar-refractivity contribution in [2.24, 2.45) is 0 Å². The molecule has 2 heteroatoms. The molecule has 2 atom stereocenters. The zero-order valence-corrected chi connectivity index (χ0v) is 11.5. The first kappa shape index (κ1) is 11.6. The Morgan fingerprint density at radius 1 is 1.05 bits per heavy atom. The van der Waals surface area contributed by atoms with Crippen LogP contribution >= 0.6 is 0 Å². The van der Waals surface area contributed by atoms with Gasteiger partial charge in [-0.2, -0.15) is 0 Å². The van der Waals surface area contributed by atoms with E-state index in [1.807, 2.05) is 18.2 Å². The molecule has 0 fully saturated rings. The Labute approximate surface area is 119 Å². The molecule has 0 aliphatic carbocycles.